The van der Waals surface area contributed by atoms with Gasteiger partial charge in [0.25, 0.3) is 0 Å². The topological polar surface area (TPSA) is 66.0 Å². The molecule has 1 aromatic carbocycles. The van der Waals surface area contributed by atoms with Crippen molar-refractivity contribution < 1.29 is 4.74 Å². The first-order chi connectivity index (χ1) is 9.28. The summed E-state index contributed by atoms with van der Waals surface area (Å²) in [5.74, 6) is 1.27. The van der Waals surface area contributed by atoms with Gasteiger partial charge in [-0.1, -0.05) is 6.07 Å². The van der Waals surface area contributed by atoms with Crippen LogP contribution in [0.25, 0.3) is 11.0 Å². The van der Waals surface area contributed by atoms with E-state index in [9.17, 15) is 0 Å². The molecule has 3 rings (SSSR count). The van der Waals surface area contributed by atoms with Gasteiger partial charge in [0.1, 0.15) is 5.75 Å². The molecule has 0 radical (unpaired) electrons. The van der Waals surface area contributed by atoms with Crippen LogP contribution in [0.3, 0.4) is 0 Å². The Labute approximate surface area is 110 Å². The number of rotatable bonds is 3. The zero-order valence-electron chi connectivity index (χ0n) is 10.6. The van der Waals surface area contributed by atoms with Crippen LogP contribution in [0.5, 0.6) is 5.75 Å². The third-order valence-corrected chi connectivity index (χ3v) is 3.05. The van der Waals surface area contributed by atoms with Crippen LogP contribution in [-0.2, 0) is 6.54 Å². The summed E-state index contributed by atoms with van der Waals surface area (Å²) < 4.78 is 7.15. The monoisotopic (exact) mass is 254 g/mol. The van der Waals surface area contributed by atoms with Gasteiger partial charge in [0.05, 0.1) is 24.7 Å². The van der Waals surface area contributed by atoms with Crippen molar-refractivity contribution in [3.05, 3.63) is 48.3 Å². The highest BCUT2D eigenvalue weighted by Crippen LogP contribution is 2.23. The molecule has 3 aromatic rings. The Bertz CT molecular complexity index is 706. The first-order valence-corrected chi connectivity index (χ1v) is 5.96. The molecule has 0 saturated heterocycles. The largest absolute Gasteiger partial charge is 0.497 e. The number of ether oxygens (including phenoxy) is 1. The highest BCUT2D eigenvalue weighted by molar-refractivity contribution is 5.80. The minimum absolute atomic E-state index is 0.493. The summed E-state index contributed by atoms with van der Waals surface area (Å²) in [6.45, 7) is 0.655. The number of methoxy groups -OCH3 is 1. The fraction of sp³-hybridized carbons (Fsp3) is 0.143. The number of hydrogen-bond donors (Lipinski definition) is 1. The van der Waals surface area contributed by atoms with Gasteiger partial charge in [-0.05, 0) is 23.8 Å². The maximum Gasteiger partial charge on any atom is 0.201 e. The van der Waals surface area contributed by atoms with Crippen LogP contribution in [-0.4, -0.2) is 21.6 Å². The molecule has 0 unspecified atom stereocenters. The Morgan fingerprint density at radius 2 is 2.21 bits per heavy atom. The molecule has 0 atom stereocenters. The number of nitrogen functional groups attached to an aromatic ring is 1. The van der Waals surface area contributed by atoms with Gasteiger partial charge in [-0.2, -0.15) is 0 Å². The summed E-state index contributed by atoms with van der Waals surface area (Å²) in [5, 5.41) is 0. The first kappa shape index (κ1) is 11.5. The number of aromatic nitrogens is 3. The van der Waals surface area contributed by atoms with E-state index in [1.165, 1.54) is 0 Å². The summed E-state index contributed by atoms with van der Waals surface area (Å²) in [7, 11) is 1.64. The average Bonchev–Trinajstić information content (AvgIpc) is 2.75. The van der Waals surface area contributed by atoms with Crippen molar-refractivity contribution >= 4 is 17.0 Å². The van der Waals surface area contributed by atoms with Crippen LogP contribution in [0, 0.1) is 0 Å². The molecule has 96 valence electrons. The number of fused-ring (bicyclic) bond motifs is 1. The second-order valence-corrected chi connectivity index (χ2v) is 4.27. The zero-order valence-corrected chi connectivity index (χ0v) is 10.6. The van der Waals surface area contributed by atoms with E-state index in [0.29, 0.717) is 12.5 Å². The van der Waals surface area contributed by atoms with Gasteiger partial charge in [0.15, 0.2) is 0 Å². The second-order valence-electron chi connectivity index (χ2n) is 4.27. The third-order valence-electron chi connectivity index (χ3n) is 3.05. The highest BCUT2D eigenvalue weighted by atomic mass is 16.5. The van der Waals surface area contributed by atoms with Gasteiger partial charge in [-0.15, -0.1) is 0 Å². The van der Waals surface area contributed by atoms with Crippen LogP contribution in [0.2, 0.25) is 0 Å². The van der Waals surface area contributed by atoms with E-state index in [1.807, 2.05) is 41.1 Å². The normalized spacial score (nSPS) is 10.8. The van der Waals surface area contributed by atoms with Crippen LogP contribution in [0.4, 0.5) is 5.95 Å². The number of imidazole rings is 1. The molecule has 2 N–H and O–H groups in total. The minimum atomic E-state index is 0.493. The molecule has 2 aromatic heterocycles. The number of nitrogens with zero attached hydrogens (tertiary/aromatic N) is 3. The molecule has 0 aliphatic rings. The van der Waals surface area contributed by atoms with Gasteiger partial charge >= 0.3 is 0 Å². The lowest BCUT2D eigenvalue weighted by Crippen LogP contribution is -2.04. The van der Waals surface area contributed by atoms with Crippen molar-refractivity contribution in [1.82, 2.24) is 14.5 Å². The molecule has 0 fully saturated rings. The molecular formula is C14H14N4O. The standard InChI is InChI=1S/C14H14N4O/c1-19-11-4-5-13-12(7-11)17-14(15)18(13)9-10-3-2-6-16-8-10/h2-8H,9H2,1H3,(H2,15,17). The Morgan fingerprint density at radius 3 is 2.95 bits per heavy atom. The Morgan fingerprint density at radius 1 is 1.32 bits per heavy atom. The highest BCUT2D eigenvalue weighted by Gasteiger charge is 2.09. The summed E-state index contributed by atoms with van der Waals surface area (Å²) in [6.07, 6.45) is 3.58. The van der Waals surface area contributed by atoms with E-state index in [2.05, 4.69) is 9.97 Å². The van der Waals surface area contributed by atoms with E-state index in [0.717, 1.165) is 22.3 Å². The van der Waals surface area contributed by atoms with Gasteiger partial charge in [-0.3, -0.25) is 4.98 Å². The van der Waals surface area contributed by atoms with Gasteiger partial charge in [0, 0.05) is 18.5 Å². The Balaban J connectivity index is 2.06. The van der Waals surface area contributed by atoms with Gasteiger partial charge < -0.3 is 15.0 Å². The van der Waals surface area contributed by atoms with Crippen LogP contribution in [0.1, 0.15) is 5.56 Å². The van der Waals surface area contributed by atoms with Crippen molar-refractivity contribution in [2.45, 2.75) is 6.54 Å². The maximum absolute atomic E-state index is 5.98. The fourth-order valence-corrected chi connectivity index (χ4v) is 2.10. The molecule has 2 heterocycles. The number of pyridine rings is 1. The van der Waals surface area contributed by atoms with Gasteiger partial charge in [-0.25, -0.2) is 4.98 Å². The fourth-order valence-electron chi connectivity index (χ4n) is 2.10. The Hall–Kier alpha value is -2.56. The van der Waals surface area contributed by atoms with Crippen molar-refractivity contribution in [2.75, 3.05) is 12.8 Å². The average molecular weight is 254 g/mol. The predicted molar refractivity (Wildman–Crippen MR) is 74.0 cm³/mol. The van der Waals surface area contributed by atoms with Crippen LogP contribution < -0.4 is 10.5 Å². The smallest absolute Gasteiger partial charge is 0.201 e. The predicted octanol–water partition coefficient (Wildman–Crippen LogP) is 2.07. The minimum Gasteiger partial charge on any atom is -0.497 e. The second kappa shape index (κ2) is 4.61. The van der Waals surface area contributed by atoms with Gasteiger partial charge in [0.2, 0.25) is 5.95 Å². The molecule has 0 aliphatic heterocycles. The summed E-state index contributed by atoms with van der Waals surface area (Å²) in [6, 6.07) is 9.68. The van der Waals surface area contributed by atoms with E-state index in [-0.39, 0.29) is 0 Å². The first-order valence-electron chi connectivity index (χ1n) is 5.96. The molecular weight excluding hydrogens is 240 g/mol. The lowest BCUT2D eigenvalue weighted by Gasteiger charge is -2.06. The SMILES string of the molecule is COc1ccc2c(c1)nc(N)n2Cc1cccnc1. The van der Waals surface area contributed by atoms with Crippen LogP contribution in [0.15, 0.2) is 42.7 Å². The molecule has 0 bridgehead atoms. The Kier molecular flexibility index (Phi) is 2.79. The lowest BCUT2D eigenvalue weighted by atomic mass is 10.2. The van der Waals surface area contributed by atoms with E-state index >= 15 is 0 Å². The summed E-state index contributed by atoms with van der Waals surface area (Å²) in [5.41, 5.74) is 8.89. The quantitative estimate of drug-likeness (QED) is 0.777. The molecule has 0 spiro atoms. The maximum atomic E-state index is 5.98. The molecule has 0 aliphatic carbocycles. The molecule has 0 amide bonds. The lowest BCUT2D eigenvalue weighted by molar-refractivity contribution is 0.415. The number of benzene rings is 1. The van der Waals surface area contributed by atoms with Crippen LogP contribution >= 0.6 is 0 Å². The van der Waals surface area contributed by atoms with E-state index < -0.39 is 0 Å². The number of nitrogens with two attached hydrogens (primary N) is 1. The van der Waals surface area contributed by atoms with E-state index in [1.54, 1.807) is 13.3 Å². The molecule has 5 nitrogen and oxygen atoms in total. The van der Waals surface area contributed by atoms with Crippen molar-refractivity contribution in [2.24, 2.45) is 0 Å². The van der Waals surface area contributed by atoms with Crippen molar-refractivity contribution in [3.8, 4) is 5.75 Å². The van der Waals surface area contributed by atoms with Crippen molar-refractivity contribution in [1.29, 1.82) is 0 Å². The van der Waals surface area contributed by atoms with E-state index in [4.69, 9.17) is 10.5 Å². The third kappa shape index (κ3) is 2.10. The summed E-state index contributed by atoms with van der Waals surface area (Å²) in [4.78, 5) is 8.47. The number of anilines is 1. The molecule has 5 heteroatoms. The van der Waals surface area contributed by atoms with Crippen molar-refractivity contribution in [3.63, 3.8) is 0 Å². The molecule has 19 heavy (non-hydrogen) atoms. The summed E-state index contributed by atoms with van der Waals surface area (Å²) >= 11 is 0. The molecule has 0 saturated carbocycles. The zero-order chi connectivity index (χ0) is 13.2. The number of hydrogen-bond acceptors (Lipinski definition) is 4.